The van der Waals surface area contributed by atoms with Gasteiger partial charge in [-0.25, -0.2) is 0 Å². The maximum Gasteiger partial charge on any atom is 0.260 e. The first-order chi connectivity index (χ1) is 7.74. The van der Waals surface area contributed by atoms with Crippen molar-refractivity contribution >= 4 is 18.3 Å². The maximum atomic E-state index is 11.5. The first-order valence-electron chi connectivity index (χ1n) is 5.43. The van der Waals surface area contributed by atoms with Gasteiger partial charge in [0.1, 0.15) is 5.75 Å². The normalized spacial score (nSPS) is 11.2. The lowest BCUT2D eigenvalue weighted by molar-refractivity contribution is -0.127. The van der Waals surface area contributed by atoms with E-state index in [-0.39, 0.29) is 18.3 Å². The van der Waals surface area contributed by atoms with Gasteiger partial charge in [0, 0.05) is 6.54 Å². The third-order valence-corrected chi connectivity index (χ3v) is 2.11. The molecule has 0 heterocycles. The van der Waals surface area contributed by atoms with Crippen molar-refractivity contribution in [1.82, 2.24) is 5.32 Å². The van der Waals surface area contributed by atoms with E-state index < -0.39 is 6.10 Å². The zero-order valence-electron chi connectivity index (χ0n) is 9.89. The van der Waals surface area contributed by atoms with Crippen LogP contribution in [0.3, 0.4) is 0 Å². The van der Waals surface area contributed by atoms with E-state index in [1.54, 1.807) is 6.92 Å². The standard InChI is InChI=1S/C12H18N2O2.ClH/c1-10(12(15)14-9-5-8-13)16-11-6-3-2-4-7-11;/h2-4,6-7,10H,5,8-9,13H2,1H3,(H,14,15);1H. The molecule has 0 bridgehead atoms. The lowest BCUT2D eigenvalue weighted by Crippen LogP contribution is -2.37. The summed E-state index contributed by atoms with van der Waals surface area (Å²) in [6, 6.07) is 9.29. The minimum absolute atomic E-state index is 0. The van der Waals surface area contributed by atoms with E-state index >= 15 is 0 Å². The van der Waals surface area contributed by atoms with Crippen molar-refractivity contribution in [3.8, 4) is 5.75 Å². The molecule has 1 unspecified atom stereocenters. The lowest BCUT2D eigenvalue weighted by Gasteiger charge is -2.14. The van der Waals surface area contributed by atoms with Gasteiger partial charge in [0.25, 0.3) is 5.91 Å². The fourth-order valence-corrected chi connectivity index (χ4v) is 1.21. The Bertz CT molecular complexity index is 320. The second kappa shape index (κ2) is 8.84. The SMILES string of the molecule is CC(Oc1ccccc1)C(=O)NCCCN.Cl. The first-order valence-corrected chi connectivity index (χ1v) is 5.43. The highest BCUT2D eigenvalue weighted by atomic mass is 35.5. The number of halogens is 1. The summed E-state index contributed by atoms with van der Waals surface area (Å²) in [6.07, 6.45) is 0.296. The number of rotatable bonds is 6. The molecule has 1 atom stereocenters. The highest BCUT2D eigenvalue weighted by molar-refractivity contribution is 5.85. The molecule has 1 amide bonds. The fraction of sp³-hybridized carbons (Fsp3) is 0.417. The molecule has 1 aromatic carbocycles. The minimum atomic E-state index is -0.486. The zero-order valence-corrected chi connectivity index (χ0v) is 10.7. The van der Waals surface area contributed by atoms with E-state index in [0.717, 1.165) is 6.42 Å². The number of para-hydroxylation sites is 1. The molecule has 4 nitrogen and oxygen atoms in total. The molecule has 0 radical (unpaired) electrons. The quantitative estimate of drug-likeness (QED) is 0.757. The summed E-state index contributed by atoms with van der Waals surface area (Å²) in [5, 5.41) is 2.76. The summed E-state index contributed by atoms with van der Waals surface area (Å²) in [5.41, 5.74) is 5.33. The van der Waals surface area contributed by atoms with Gasteiger partial charge in [-0.3, -0.25) is 4.79 Å². The molecule has 0 fully saturated rings. The van der Waals surface area contributed by atoms with E-state index in [1.165, 1.54) is 0 Å². The highest BCUT2D eigenvalue weighted by Gasteiger charge is 2.13. The van der Waals surface area contributed by atoms with Crippen LogP contribution >= 0.6 is 12.4 Å². The Morgan fingerprint density at radius 2 is 2.06 bits per heavy atom. The van der Waals surface area contributed by atoms with Gasteiger partial charge >= 0.3 is 0 Å². The van der Waals surface area contributed by atoms with E-state index in [4.69, 9.17) is 10.5 Å². The highest BCUT2D eigenvalue weighted by Crippen LogP contribution is 2.10. The van der Waals surface area contributed by atoms with Crippen molar-refractivity contribution in [1.29, 1.82) is 0 Å². The number of nitrogens with two attached hydrogens (primary N) is 1. The summed E-state index contributed by atoms with van der Waals surface area (Å²) in [7, 11) is 0. The van der Waals surface area contributed by atoms with Crippen molar-refractivity contribution in [3.05, 3.63) is 30.3 Å². The van der Waals surface area contributed by atoms with Gasteiger partial charge in [0.15, 0.2) is 6.10 Å². The van der Waals surface area contributed by atoms with E-state index in [9.17, 15) is 4.79 Å². The van der Waals surface area contributed by atoms with Crippen LogP contribution in [0.2, 0.25) is 0 Å². The molecule has 96 valence electrons. The topological polar surface area (TPSA) is 64.3 Å². The van der Waals surface area contributed by atoms with Crippen LogP contribution in [0.4, 0.5) is 0 Å². The molecule has 17 heavy (non-hydrogen) atoms. The van der Waals surface area contributed by atoms with E-state index in [2.05, 4.69) is 5.32 Å². The van der Waals surface area contributed by atoms with Crippen molar-refractivity contribution in [2.24, 2.45) is 5.73 Å². The number of hydrogen-bond acceptors (Lipinski definition) is 3. The molecule has 0 aliphatic heterocycles. The maximum absolute atomic E-state index is 11.5. The summed E-state index contributed by atoms with van der Waals surface area (Å²) in [4.78, 5) is 11.5. The molecule has 0 spiro atoms. The average Bonchev–Trinajstić information content (AvgIpc) is 2.30. The predicted octanol–water partition coefficient (Wildman–Crippen LogP) is 1.34. The number of hydrogen-bond donors (Lipinski definition) is 2. The van der Waals surface area contributed by atoms with Gasteiger partial charge in [-0.2, -0.15) is 0 Å². The lowest BCUT2D eigenvalue weighted by atomic mass is 10.3. The molecule has 5 heteroatoms. The summed E-state index contributed by atoms with van der Waals surface area (Å²) < 4.78 is 5.46. The van der Waals surface area contributed by atoms with Crippen molar-refractivity contribution in [2.75, 3.05) is 13.1 Å². The Morgan fingerprint density at radius 1 is 1.41 bits per heavy atom. The van der Waals surface area contributed by atoms with Crippen LogP contribution in [0.25, 0.3) is 0 Å². The van der Waals surface area contributed by atoms with Crippen LogP contribution in [-0.2, 0) is 4.79 Å². The van der Waals surface area contributed by atoms with Crippen LogP contribution < -0.4 is 15.8 Å². The third kappa shape index (κ3) is 6.14. The van der Waals surface area contributed by atoms with E-state index in [0.29, 0.717) is 18.8 Å². The molecule has 3 N–H and O–H groups in total. The third-order valence-electron chi connectivity index (χ3n) is 2.11. The Hall–Kier alpha value is -1.26. The molecule has 0 saturated carbocycles. The van der Waals surface area contributed by atoms with Crippen LogP contribution in [-0.4, -0.2) is 25.1 Å². The van der Waals surface area contributed by atoms with Crippen molar-refractivity contribution < 1.29 is 9.53 Å². The molecule has 0 aliphatic carbocycles. The van der Waals surface area contributed by atoms with Crippen molar-refractivity contribution in [2.45, 2.75) is 19.4 Å². The van der Waals surface area contributed by atoms with E-state index in [1.807, 2.05) is 30.3 Å². The van der Waals surface area contributed by atoms with Crippen molar-refractivity contribution in [3.63, 3.8) is 0 Å². The van der Waals surface area contributed by atoms with Gasteiger partial charge in [-0.05, 0) is 32.0 Å². The number of amides is 1. The van der Waals surface area contributed by atoms with Gasteiger partial charge in [0.05, 0.1) is 0 Å². The summed E-state index contributed by atoms with van der Waals surface area (Å²) >= 11 is 0. The zero-order chi connectivity index (χ0) is 11.8. The molecular weight excluding hydrogens is 240 g/mol. The Kier molecular flexibility index (Phi) is 8.19. The number of nitrogens with one attached hydrogen (secondary N) is 1. The molecule has 1 aromatic rings. The largest absolute Gasteiger partial charge is 0.481 e. The number of carbonyl (C=O) groups excluding carboxylic acids is 1. The van der Waals surface area contributed by atoms with Gasteiger partial charge in [0.2, 0.25) is 0 Å². The molecule has 1 rings (SSSR count). The van der Waals surface area contributed by atoms with Gasteiger partial charge < -0.3 is 15.8 Å². The fourth-order valence-electron chi connectivity index (χ4n) is 1.21. The molecular formula is C12H19ClN2O2. The first kappa shape index (κ1) is 15.7. The minimum Gasteiger partial charge on any atom is -0.481 e. The predicted molar refractivity (Wildman–Crippen MR) is 70.5 cm³/mol. The summed E-state index contributed by atoms with van der Waals surface area (Å²) in [5.74, 6) is 0.585. The Labute approximate surface area is 108 Å². The number of benzene rings is 1. The van der Waals surface area contributed by atoms with Crippen LogP contribution in [0.15, 0.2) is 30.3 Å². The smallest absolute Gasteiger partial charge is 0.260 e. The number of ether oxygens (including phenoxy) is 1. The van der Waals surface area contributed by atoms with Crippen LogP contribution in [0.1, 0.15) is 13.3 Å². The average molecular weight is 259 g/mol. The Morgan fingerprint density at radius 3 is 2.65 bits per heavy atom. The molecule has 0 saturated heterocycles. The van der Waals surface area contributed by atoms with Gasteiger partial charge in [-0.15, -0.1) is 12.4 Å². The monoisotopic (exact) mass is 258 g/mol. The van der Waals surface area contributed by atoms with Crippen LogP contribution in [0, 0.1) is 0 Å². The summed E-state index contributed by atoms with van der Waals surface area (Å²) in [6.45, 7) is 2.90. The van der Waals surface area contributed by atoms with Gasteiger partial charge in [-0.1, -0.05) is 18.2 Å². The van der Waals surface area contributed by atoms with Crippen LogP contribution in [0.5, 0.6) is 5.75 Å². The molecule has 0 aromatic heterocycles. The second-order valence-corrected chi connectivity index (χ2v) is 3.51. The molecule has 0 aliphatic rings. The Balaban J connectivity index is 0.00000256. The second-order valence-electron chi connectivity index (χ2n) is 3.51. The number of carbonyl (C=O) groups is 1.